The molecule has 3 aromatic rings. The van der Waals surface area contributed by atoms with Gasteiger partial charge in [-0.3, -0.25) is 9.78 Å². The highest BCUT2D eigenvalue weighted by molar-refractivity contribution is 7.89. The van der Waals surface area contributed by atoms with Crippen molar-refractivity contribution >= 4 is 22.1 Å². The fraction of sp³-hybridized carbons (Fsp3) is 0. The molecule has 0 spiro atoms. The first kappa shape index (κ1) is 17.5. The van der Waals surface area contributed by atoms with E-state index in [2.05, 4.69) is 15.5 Å². The molecule has 0 fully saturated rings. The zero-order valence-corrected chi connectivity index (χ0v) is 14.2. The minimum atomic E-state index is -3.74. The number of sulfonamides is 1. The normalized spacial score (nSPS) is 11.6. The average Bonchev–Trinajstić information content (AvgIpc) is 3.11. The SMILES string of the molecule is NS(=O)(=O)c1ccc(-c2ccc(/C=N\NC(=O)c3ccncc3)o2)cc1. The fourth-order valence-electron chi connectivity index (χ4n) is 2.11. The fourth-order valence-corrected chi connectivity index (χ4v) is 2.62. The van der Waals surface area contributed by atoms with Crippen molar-refractivity contribution in [1.29, 1.82) is 0 Å². The van der Waals surface area contributed by atoms with Gasteiger partial charge in [-0.2, -0.15) is 5.10 Å². The minimum Gasteiger partial charge on any atom is -0.455 e. The summed E-state index contributed by atoms with van der Waals surface area (Å²) in [5, 5.41) is 8.90. The number of nitrogens with one attached hydrogen (secondary N) is 1. The molecule has 3 rings (SSSR count). The summed E-state index contributed by atoms with van der Waals surface area (Å²) in [6, 6.07) is 12.5. The van der Waals surface area contributed by atoms with E-state index < -0.39 is 10.0 Å². The maximum atomic E-state index is 11.8. The van der Waals surface area contributed by atoms with Crippen LogP contribution in [-0.4, -0.2) is 25.5 Å². The van der Waals surface area contributed by atoms with Crippen molar-refractivity contribution in [2.75, 3.05) is 0 Å². The van der Waals surface area contributed by atoms with Crippen molar-refractivity contribution < 1.29 is 17.6 Å². The van der Waals surface area contributed by atoms with Crippen LogP contribution in [0.25, 0.3) is 11.3 Å². The highest BCUT2D eigenvalue weighted by Gasteiger charge is 2.09. The van der Waals surface area contributed by atoms with Gasteiger partial charge in [-0.15, -0.1) is 0 Å². The smallest absolute Gasteiger partial charge is 0.271 e. The molecule has 2 aromatic heterocycles. The number of hydrogen-bond acceptors (Lipinski definition) is 6. The van der Waals surface area contributed by atoms with Crippen molar-refractivity contribution in [3.63, 3.8) is 0 Å². The van der Waals surface area contributed by atoms with E-state index in [0.717, 1.165) is 0 Å². The van der Waals surface area contributed by atoms with E-state index in [1.807, 2.05) is 0 Å². The Kier molecular flexibility index (Phi) is 4.92. The van der Waals surface area contributed by atoms with E-state index in [1.54, 1.807) is 36.4 Å². The molecule has 0 saturated carbocycles. The number of aromatic nitrogens is 1. The second-order valence-electron chi connectivity index (χ2n) is 5.21. The van der Waals surface area contributed by atoms with Gasteiger partial charge < -0.3 is 4.42 Å². The molecule has 0 bridgehead atoms. The molecule has 132 valence electrons. The lowest BCUT2D eigenvalue weighted by atomic mass is 10.2. The molecule has 1 aromatic carbocycles. The summed E-state index contributed by atoms with van der Waals surface area (Å²) >= 11 is 0. The number of rotatable bonds is 5. The largest absolute Gasteiger partial charge is 0.455 e. The Labute approximate surface area is 149 Å². The van der Waals surface area contributed by atoms with E-state index in [4.69, 9.17) is 9.56 Å². The number of carbonyl (C=O) groups is 1. The number of primary sulfonamides is 1. The van der Waals surface area contributed by atoms with Gasteiger partial charge in [-0.05, 0) is 48.5 Å². The van der Waals surface area contributed by atoms with Gasteiger partial charge in [0.1, 0.15) is 11.5 Å². The third-order valence-corrected chi connectivity index (χ3v) is 4.32. The molecule has 0 aliphatic heterocycles. The Hall–Kier alpha value is -3.30. The summed E-state index contributed by atoms with van der Waals surface area (Å²) in [6.07, 6.45) is 4.39. The lowest BCUT2D eigenvalue weighted by Gasteiger charge is -2.00. The summed E-state index contributed by atoms with van der Waals surface area (Å²) in [5.74, 6) is 0.576. The third-order valence-electron chi connectivity index (χ3n) is 3.39. The predicted octanol–water partition coefficient (Wildman–Crippen LogP) is 1.75. The monoisotopic (exact) mass is 370 g/mol. The Morgan fingerprint density at radius 3 is 2.42 bits per heavy atom. The number of benzene rings is 1. The number of carbonyl (C=O) groups excluding carboxylic acids is 1. The highest BCUT2D eigenvalue weighted by atomic mass is 32.2. The van der Waals surface area contributed by atoms with Crippen molar-refractivity contribution in [1.82, 2.24) is 10.4 Å². The number of nitrogens with zero attached hydrogens (tertiary/aromatic N) is 2. The summed E-state index contributed by atoms with van der Waals surface area (Å²) < 4.78 is 28.1. The van der Waals surface area contributed by atoms with Crippen LogP contribution in [0.2, 0.25) is 0 Å². The number of amides is 1. The summed E-state index contributed by atoms with van der Waals surface area (Å²) in [4.78, 5) is 15.7. The molecule has 3 N–H and O–H groups in total. The Morgan fingerprint density at radius 1 is 1.08 bits per heavy atom. The maximum Gasteiger partial charge on any atom is 0.271 e. The lowest BCUT2D eigenvalue weighted by molar-refractivity contribution is 0.0955. The molecule has 26 heavy (non-hydrogen) atoms. The van der Waals surface area contributed by atoms with Gasteiger partial charge in [0.2, 0.25) is 10.0 Å². The van der Waals surface area contributed by atoms with Gasteiger partial charge in [-0.1, -0.05) is 0 Å². The molecular weight excluding hydrogens is 356 g/mol. The molecule has 0 aliphatic rings. The zero-order valence-electron chi connectivity index (χ0n) is 13.4. The number of hydrazone groups is 1. The van der Waals surface area contributed by atoms with Crippen molar-refractivity contribution in [3.05, 3.63) is 72.2 Å². The van der Waals surface area contributed by atoms with Crippen LogP contribution in [-0.2, 0) is 10.0 Å². The molecule has 0 unspecified atom stereocenters. The van der Waals surface area contributed by atoms with Crippen LogP contribution in [0, 0.1) is 0 Å². The van der Waals surface area contributed by atoms with E-state index >= 15 is 0 Å². The predicted molar refractivity (Wildman–Crippen MR) is 94.8 cm³/mol. The molecule has 0 radical (unpaired) electrons. The first-order chi connectivity index (χ1) is 12.4. The number of nitrogens with two attached hydrogens (primary N) is 1. The van der Waals surface area contributed by atoms with Crippen LogP contribution in [0.3, 0.4) is 0 Å². The minimum absolute atomic E-state index is 0.0217. The molecule has 0 saturated heterocycles. The second-order valence-corrected chi connectivity index (χ2v) is 6.77. The van der Waals surface area contributed by atoms with Gasteiger partial charge in [0.05, 0.1) is 11.1 Å². The van der Waals surface area contributed by atoms with Crippen LogP contribution < -0.4 is 10.6 Å². The lowest BCUT2D eigenvalue weighted by Crippen LogP contribution is -2.17. The Bertz CT molecular complexity index is 1040. The Balaban J connectivity index is 1.67. The first-order valence-electron chi connectivity index (χ1n) is 7.40. The van der Waals surface area contributed by atoms with Crippen molar-refractivity contribution in [2.24, 2.45) is 10.2 Å². The van der Waals surface area contributed by atoms with Crippen molar-refractivity contribution in [2.45, 2.75) is 4.90 Å². The molecule has 8 nitrogen and oxygen atoms in total. The molecule has 2 heterocycles. The Morgan fingerprint density at radius 2 is 1.77 bits per heavy atom. The summed E-state index contributed by atoms with van der Waals surface area (Å²) in [7, 11) is -3.74. The number of hydrogen-bond donors (Lipinski definition) is 2. The second kappa shape index (κ2) is 7.30. The van der Waals surface area contributed by atoms with E-state index in [1.165, 1.54) is 30.7 Å². The summed E-state index contributed by atoms with van der Waals surface area (Å²) in [5.41, 5.74) is 3.50. The summed E-state index contributed by atoms with van der Waals surface area (Å²) in [6.45, 7) is 0. The number of pyridine rings is 1. The highest BCUT2D eigenvalue weighted by Crippen LogP contribution is 2.22. The van der Waals surface area contributed by atoms with Crippen LogP contribution in [0.15, 0.2) is 75.3 Å². The molecule has 0 aliphatic carbocycles. The quantitative estimate of drug-likeness (QED) is 0.522. The van der Waals surface area contributed by atoms with E-state index in [0.29, 0.717) is 22.6 Å². The molecule has 1 amide bonds. The van der Waals surface area contributed by atoms with E-state index in [-0.39, 0.29) is 10.8 Å². The van der Waals surface area contributed by atoms with Gasteiger partial charge in [0.15, 0.2) is 0 Å². The van der Waals surface area contributed by atoms with Crippen LogP contribution >= 0.6 is 0 Å². The van der Waals surface area contributed by atoms with Gasteiger partial charge in [0.25, 0.3) is 5.91 Å². The van der Waals surface area contributed by atoms with E-state index in [9.17, 15) is 13.2 Å². The third kappa shape index (κ3) is 4.21. The molecule has 9 heteroatoms. The maximum absolute atomic E-state index is 11.8. The van der Waals surface area contributed by atoms with Crippen LogP contribution in [0.5, 0.6) is 0 Å². The first-order valence-corrected chi connectivity index (χ1v) is 8.94. The zero-order chi connectivity index (χ0) is 18.6. The van der Waals surface area contributed by atoms with Crippen molar-refractivity contribution in [3.8, 4) is 11.3 Å². The van der Waals surface area contributed by atoms with Crippen LogP contribution in [0.1, 0.15) is 16.1 Å². The molecule has 0 atom stereocenters. The molecular formula is C17H14N4O4S. The number of furan rings is 1. The van der Waals surface area contributed by atoms with Gasteiger partial charge >= 0.3 is 0 Å². The average molecular weight is 370 g/mol. The topological polar surface area (TPSA) is 128 Å². The van der Waals surface area contributed by atoms with Gasteiger partial charge in [0, 0.05) is 23.5 Å². The van der Waals surface area contributed by atoms with Gasteiger partial charge in [-0.25, -0.2) is 19.0 Å². The standard InChI is InChI=1S/C17H14N4O4S/c18-26(23,24)15-4-1-12(2-5-15)16-6-3-14(25-16)11-20-21-17(22)13-7-9-19-10-8-13/h1-11H,(H,21,22)(H2,18,23,24)/b20-11-. The van der Waals surface area contributed by atoms with Crippen LogP contribution in [0.4, 0.5) is 0 Å².